The standard InChI is InChI=1S/C22H29FO4S/c1-3-5-15(11-16-7-9-19(24)18(23)12-16)8-10-20-22-17(6-4-2)14-28(25,26)21(22)13-27-20/h7,9,11-12,20-21,24H,3-6,8,10,13-14H2,1-2H3/b15-11+/t20-,21+/m1/s1. The van der Waals surface area contributed by atoms with Crippen LogP contribution < -0.4 is 0 Å². The summed E-state index contributed by atoms with van der Waals surface area (Å²) in [6, 6.07) is 4.39. The summed E-state index contributed by atoms with van der Waals surface area (Å²) in [4.78, 5) is 0. The van der Waals surface area contributed by atoms with Crippen molar-refractivity contribution in [2.45, 2.75) is 63.7 Å². The Labute approximate surface area is 167 Å². The molecule has 4 nitrogen and oxygen atoms in total. The zero-order chi connectivity index (χ0) is 20.3. The summed E-state index contributed by atoms with van der Waals surface area (Å²) < 4.78 is 44.4. The molecule has 2 heterocycles. The topological polar surface area (TPSA) is 63.6 Å². The van der Waals surface area contributed by atoms with Crippen molar-refractivity contribution < 1.29 is 22.7 Å². The molecular formula is C22H29FO4S. The van der Waals surface area contributed by atoms with E-state index in [0.29, 0.717) is 0 Å². The molecule has 0 spiro atoms. The van der Waals surface area contributed by atoms with Gasteiger partial charge in [0.25, 0.3) is 0 Å². The molecule has 154 valence electrons. The third-order valence-corrected chi connectivity index (χ3v) is 7.56. The minimum absolute atomic E-state index is 0.138. The smallest absolute Gasteiger partial charge is 0.165 e. The third-order valence-electron chi connectivity index (χ3n) is 5.55. The first-order chi connectivity index (χ1) is 13.4. The zero-order valence-electron chi connectivity index (χ0n) is 16.6. The van der Waals surface area contributed by atoms with Crippen LogP contribution in [0.1, 0.15) is 57.9 Å². The Hall–Kier alpha value is -1.66. The monoisotopic (exact) mass is 408 g/mol. The lowest BCUT2D eigenvalue weighted by Gasteiger charge is -2.15. The fourth-order valence-corrected chi connectivity index (χ4v) is 6.27. The van der Waals surface area contributed by atoms with E-state index in [9.17, 15) is 17.9 Å². The molecule has 0 bridgehead atoms. The Balaban J connectivity index is 1.75. The number of phenols is 1. The minimum atomic E-state index is -3.11. The second-order valence-electron chi connectivity index (χ2n) is 7.73. The Morgan fingerprint density at radius 1 is 1.29 bits per heavy atom. The maximum Gasteiger partial charge on any atom is 0.165 e. The molecule has 3 rings (SSSR count). The van der Waals surface area contributed by atoms with Crippen LogP contribution in [0.3, 0.4) is 0 Å². The second-order valence-corrected chi connectivity index (χ2v) is 9.91. The van der Waals surface area contributed by atoms with Gasteiger partial charge in [-0.1, -0.05) is 50.0 Å². The normalized spacial score (nSPS) is 24.0. The van der Waals surface area contributed by atoms with Crippen LogP contribution >= 0.6 is 0 Å². The Morgan fingerprint density at radius 2 is 2.07 bits per heavy atom. The number of aromatic hydroxyl groups is 1. The third kappa shape index (κ3) is 4.49. The molecule has 0 saturated carbocycles. The Kier molecular flexibility index (Phi) is 6.61. The molecule has 0 unspecified atom stereocenters. The van der Waals surface area contributed by atoms with Gasteiger partial charge in [0.15, 0.2) is 21.4 Å². The summed E-state index contributed by atoms with van der Waals surface area (Å²) in [6.07, 6.45) is 6.94. The molecule has 2 aliphatic rings. The number of phenolic OH excluding ortho intramolecular Hbond substituents is 1. The van der Waals surface area contributed by atoms with Crippen molar-refractivity contribution in [3.05, 3.63) is 46.3 Å². The maximum absolute atomic E-state index is 13.6. The molecule has 1 N–H and O–H groups in total. The summed E-state index contributed by atoms with van der Waals surface area (Å²) in [5.41, 5.74) is 3.96. The highest BCUT2D eigenvalue weighted by molar-refractivity contribution is 7.92. The number of rotatable bonds is 8. The highest BCUT2D eigenvalue weighted by atomic mass is 32.2. The average molecular weight is 409 g/mol. The molecule has 1 fully saturated rings. The quantitative estimate of drug-likeness (QED) is 0.628. The van der Waals surface area contributed by atoms with E-state index in [1.165, 1.54) is 17.7 Å². The average Bonchev–Trinajstić information content (AvgIpc) is 3.17. The van der Waals surface area contributed by atoms with Gasteiger partial charge in [-0.3, -0.25) is 0 Å². The van der Waals surface area contributed by atoms with Gasteiger partial charge in [-0.15, -0.1) is 0 Å². The summed E-state index contributed by atoms with van der Waals surface area (Å²) in [7, 11) is -3.11. The summed E-state index contributed by atoms with van der Waals surface area (Å²) in [5.74, 6) is -0.792. The molecule has 0 radical (unpaired) electrons. The molecule has 1 aromatic carbocycles. The molecule has 0 aromatic heterocycles. The highest BCUT2D eigenvalue weighted by Crippen LogP contribution is 2.40. The zero-order valence-corrected chi connectivity index (χ0v) is 17.4. The van der Waals surface area contributed by atoms with Gasteiger partial charge in [0.05, 0.1) is 18.5 Å². The van der Waals surface area contributed by atoms with Gasteiger partial charge in [-0.25, -0.2) is 12.8 Å². The minimum Gasteiger partial charge on any atom is -0.505 e. The van der Waals surface area contributed by atoms with Crippen LogP contribution in [0.25, 0.3) is 6.08 Å². The molecule has 2 aliphatic heterocycles. The predicted octanol–water partition coefficient (Wildman–Crippen LogP) is 4.79. The number of hydrogen-bond acceptors (Lipinski definition) is 4. The molecule has 1 saturated heterocycles. The van der Waals surface area contributed by atoms with E-state index in [-0.39, 0.29) is 24.2 Å². The van der Waals surface area contributed by atoms with E-state index in [0.717, 1.165) is 55.2 Å². The van der Waals surface area contributed by atoms with Crippen molar-refractivity contribution >= 4 is 15.9 Å². The summed E-state index contributed by atoms with van der Waals surface area (Å²) >= 11 is 0. The van der Waals surface area contributed by atoms with Gasteiger partial charge < -0.3 is 9.84 Å². The van der Waals surface area contributed by atoms with Crippen LogP contribution in [0.2, 0.25) is 0 Å². The van der Waals surface area contributed by atoms with E-state index in [1.807, 2.05) is 6.08 Å². The van der Waals surface area contributed by atoms with Gasteiger partial charge >= 0.3 is 0 Å². The van der Waals surface area contributed by atoms with Crippen LogP contribution in [0, 0.1) is 5.82 Å². The fraction of sp³-hybridized carbons (Fsp3) is 0.545. The van der Waals surface area contributed by atoms with Crippen LogP contribution in [0.5, 0.6) is 5.75 Å². The van der Waals surface area contributed by atoms with Crippen LogP contribution in [-0.2, 0) is 14.6 Å². The SMILES string of the molecule is CCCC1=C2[C@@H](CC/C(=C/c3ccc(O)c(F)c3)CCC)OC[C@@H]2S(=O)(=O)C1. The van der Waals surface area contributed by atoms with E-state index >= 15 is 0 Å². The van der Waals surface area contributed by atoms with Crippen LogP contribution in [-0.4, -0.2) is 37.2 Å². The molecule has 0 amide bonds. The fourth-order valence-electron chi connectivity index (χ4n) is 4.28. The van der Waals surface area contributed by atoms with Crippen LogP contribution in [0.15, 0.2) is 34.9 Å². The first-order valence-electron chi connectivity index (χ1n) is 10.1. The highest BCUT2D eigenvalue weighted by Gasteiger charge is 2.46. The van der Waals surface area contributed by atoms with Gasteiger partial charge in [0.2, 0.25) is 0 Å². The van der Waals surface area contributed by atoms with E-state index in [2.05, 4.69) is 13.8 Å². The Morgan fingerprint density at radius 3 is 2.75 bits per heavy atom. The lowest BCUT2D eigenvalue weighted by molar-refractivity contribution is 0.117. The number of hydrogen-bond donors (Lipinski definition) is 1. The van der Waals surface area contributed by atoms with Crippen molar-refractivity contribution in [1.82, 2.24) is 0 Å². The molecule has 6 heteroatoms. The van der Waals surface area contributed by atoms with Crippen molar-refractivity contribution in [2.24, 2.45) is 0 Å². The van der Waals surface area contributed by atoms with Gasteiger partial charge in [-0.2, -0.15) is 0 Å². The van der Waals surface area contributed by atoms with Crippen molar-refractivity contribution in [3.63, 3.8) is 0 Å². The number of sulfone groups is 1. The van der Waals surface area contributed by atoms with E-state index in [4.69, 9.17) is 4.74 Å². The van der Waals surface area contributed by atoms with Gasteiger partial charge in [0, 0.05) is 0 Å². The van der Waals surface area contributed by atoms with Crippen LogP contribution in [0.4, 0.5) is 4.39 Å². The number of allylic oxidation sites excluding steroid dienone is 1. The second kappa shape index (κ2) is 8.78. The first-order valence-corrected chi connectivity index (χ1v) is 11.8. The van der Waals surface area contributed by atoms with Gasteiger partial charge in [-0.05, 0) is 49.0 Å². The Bertz CT molecular complexity index is 886. The molecule has 1 aromatic rings. The summed E-state index contributed by atoms with van der Waals surface area (Å²) in [6.45, 7) is 4.43. The van der Waals surface area contributed by atoms with Crippen molar-refractivity contribution in [2.75, 3.05) is 12.4 Å². The van der Waals surface area contributed by atoms with Gasteiger partial charge in [0.1, 0.15) is 5.25 Å². The largest absolute Gasteiger partial charge is 0.505 e. The predicted molar refractivity (Wildman–Crippen MR) is 109 cm³/mol. The lowest BCUT2D eigenvalue weighted by atomic mass is 9.94. The molecule has 28 heavy (non-hydrogen) atoms. The number of fused-ring (bicyclic) bond motifs is 1. The van der Waals surface area contributed by atoms with Crippen molar-refractivity contribution in [1.29, 1.82) is 0 Å². The number of benzene rings is 1. The van der Waals surface area contributed by atoms with Crippen molar-refractivity contribution in [3.8, 4) is 5.75 Å². The maximum atomic E-state index is 13.6. The number of halogens is 1. The number of ether oxygens (including phenoxy) is 1. The lowest BCUT2D eigenvalue weighted by Crippen LogP contribution is -2.19. The first kappa shape index (κ1) is 21.1. The molecule has 0 aliphatic carbocycles. The summed E-state index contributed by atoms with van der Waals surface area (Å²) in [5, 5.41) is 8.90. The molecule has 2 atom stereocenters. The molecular weight excluding hydrogens is 379 g/mol. The van der Waals surface area contributed by atoms with E-state index in [1.54, 1.807) is 6.07 Å². The van der Waals surface area contributed by atoms with E-state index < -0.39 is 20.9 Å².